The Labute approximate surface area is 138 Å². The number of amides is 1. The van der Waals surface area contributed by atoms with Gasteiger partial charge in [0.2, 0.25) is 17.7 Å². The van der Waals surface area contributed by atoms with Crippen molar-refractivity contribution in [3.8, 4) is 5.88 Å². The molecule has 1 atom stereocenters. The minimum absolute atomic E-state index is 0.000983. The van der Waals surface area contributed by atoms with Gasteiger partial charge >= 0.3 is 0 Å². The lowest BCUT2D eigenvalue weighted by molar-refractivity contribution is -0.204. The third-order valence-electron chi connectivity index (χ3n) is 5.08. The second-order valence-electron chi connectivity index (χ2n) is 7.09. The van der Waals surface area contributed by atoms with E-state index in [0.29, 0.717) is 32.0 Å². The normalized spacial score (nSPS) is 28.1. The van der Waals surface area contributed by atoms with Crippen molar-refractivity contribution in [3.63, 3.8) is 0 Å². The highest BCUT2D eigenvalue weighted by atomic mass is 19.3. The van der Waals surface area contributed by atoms with E-state index in [2.05, 4.69) is 4.98 Å². The Kier molecular flexibility index (Phi) is 3.71. The topological polar surface area (TPSA) is 51.7 Å². The summed E-state index contributed by atoms with van der Waals surface area (Å²) >= 11 is 0. The first kappa shape index (κ1) is 15.7. The van der Waals surface area contributed by atoms with Crippen LogP contribution >= 0.6 is 0 Å². The minimum atomic E-state index is -2.66. The summed E-state index contributed by atoms with van der Waals surface area (Å²) in [4.78, 5) is 18.0. The summed E-state index contributed by atoms with van der Waals surface area (Å²) < 4.78 is 37.6. The Morgan fingerprint density at radius 3 is 2.75 bits per heavy atom. The van der Waals surface area contributed by atoms with Crippen LogP contribution in [0.1, 0.15) is 25.7 Å². The van der Waals surface area contributed by atoms with Crippen molar-refractivity contribution < 1.29 is 23.0 Å². The van der Waals surface area contributed by atoms with Crippen LogP contribution in [-0.4, -0.2) is 53.1 Å². The van der Waals surface area contributed by atoms with E-state index < -0.39 is 11.8 Å². The fraction of sp³-hybridized carbons (Fsp3) is 0.647. The summed E-state index contributed by atoms with van der Waals surface area (Å²) in [6.45, 7) is 1.51. The predicted molar refractivity (Wildman–Crippen MR) is 80.8 cm³/mol. The first-order valence-electron chi connectivity index (χ1n) is 8.33. The van der Waals surface area contributed by atoms with Gasteiger partial charge in [-0.05, 0) is 6.07 Å². The second kappa shape index (κ2) is 5.65. The number of alkyl halides is 2. The summed E-state index contributed by atoms with van der Waals surface area (Å²) in [7, 11) is 0. The minimum Gasteiger partial charge on any atom is -0.474 e. The van der Waals surface area contributed by atoms with Crippen LogP contribution in [0.15, 0.2) is 24.4 Å². The van der Waals surface area contributed by atoms with Crippen molar-refractivity contribution >= 4 is 5.91 Å². The summed E-state index contributed by atoms with van der Waals surface area (Å²) in [6, 6.07) is 5.52. The fourth-order valence-electron chi connectivity index (χ4n) is 3.79. The van der Waals surface area contributed by atoms with Gasteiger partial charge in [-0.15, -0.1) is 0 Å². The van der Waals surface area contributed by atoms with Crippen molar-refractivity contribution in [1.29, 1.82) is 0 Å². The molecule has 2 aliphatic heterocycles. The molecular formula is C17H20F2N2O3. The highest BCUT2D eigenvalue weighted by Gasteiger charge is 2.55. The molecule has 24 heavy (non-hydrogen) atoms. The summed E-state index contributed by atoms with van der Waals surface area (Å²) in [6.07, 6.45) is 2.51. The molecule has 130 valence electrons. The van der Waals surface area contributed by atoms with E-state index in [1.54, 1.807) is 11.1 Å². The first-order valence-corrected chi connectivity index (χ1v) is 8.33. The van der Waals surface area contributed by atoms with Crippen molar-refractivity contribution in [3.05, 3.63) is 24.4 Å². The highest BCUT2D eigenvalue weighted by molar-refractivity contribution is 5.81. The van der Waals surface area contributed by atoms with Gasteiger partial charge in [0, 0.05) is 43.9 Å². The molecule has 2 saturated heterocycles. The van der Waals surface area contributed by atoms with Crippen LogP contribution < -0.4 is 4.74 Å². The molecule has 3 heterocycles. The molecule has 3 aliphatic rings. The largest absolute Gasteiger partial charge is 0.474 e. The Bertz CT molecular complexity index is 612. The Hall–Kier alpha value is -1.76. The third kappa shape index (κ3) is 2.97. The molecule has 0 bridgehead atoms. The zero-order valence-electron chi connectivity index (χ0n) is 13.3. The summed E-state index contributed by atoms with van der Waals surface area (Å²) in [5.41, 5.74) is -0.389. The molecule has 0 aromatic carbocycles. The maximum absolute atomic E-state index is 12.9. The standard InChI is InChI=1S/C17H20F2N2O3/c18-17(19)7-12(8-17)15(22)21-10-16(11-21)9-13(4-6-23-16)24-14-3-1-2-5-20-14/h1-3,5,12-13H,4,6-11H2/t13-/m0/s1. The molecule has 1 aliphatic carbocycles. The Morgan fingerprint density at radius 2 is 2.08 bits per heavy atom. The zero-order chi connectivity index (χ0) is 16.8. The molecule has 0 radical (unpaired) electrons. The van der Waals surface area contributed by atoms with E-state index in [9.17, 15) is 13.6 Å². The van der Waals surface area contributed by atoms with E-state index in [4.69, 9.17) is 9.47 Å². The van der Waals surface area contributed by atoms with Gasteiger partial charge in [0.1, 0.15) is 11.7 Å². The monoisotopic (exact) mass is 338 g/mol. The van der Waals surface area contributed by atoms with Gasteiger partial charge in [-0.1, -0.05) is 6.07 Å². The lowest BCUT2D eigenvalue weighted by Crippen LogP contribution is -2.69. The lowest BCUT2D eigenvalue weighted by atomic mass is 9.77. The van der Waals surface area contributed by atoms with Gasteiger partial charge in [-0.25, -0.2) is 13.8 Å². The molecule has 0 N–H and O–H groups in total. The summed E-state index contributed by atoms with van der Waals surface area (Å²) in [5, 5.41) is 0. The molecule has 4 rings (SSSR count). The molecule has 1 aromatic heterocycles. The molecule has 1 spiro atoms. The predicted octanol–water partition coefficient (Wildman–Crippen LogP) is 2.27. The van der Waals surface area contributed by atoms with Gasteiger partial charge < -0.3 is 14.4 Å². The summed E-state index contributed by atoms with van der Waals surface area (Å²) in [5.74, 6) is -2.76. The lowest BCUT2D eigenvalue weighted by Gasteiger charge is -2.54. The van der Waals surface area contributed by atoms with Crippen LogP contribution in [0.25, 0.3) is 0 Å². The zero-order valence-corrected chi connectivity index (χ0v) is 13.3. The number of rotatable bonds is 3. The first-order chi connectivity index (χ1) is 11.4. The van der Waals surface area contributed by atoms with E-state index in [1.165, 1.54) is 0 Å². The molecule has 7 heteroatoms. The number of ether oxygens (including phenoxy) is 2. The quantitative estimate of drug-likeness (QED) is 0.848. The van der Waals surface area contributed by atoms with Crippen LogP contribution in [0.5, 0.6) is 5.88 Å². The van der Waals surface area contributed by atoms with Crippen LogP contribution in [-0.2, 0) is 9.53 Å². The molecule has 1 aromatic rings. The highest BCUT2D eigenvalue weighted by Crippen LogP contribution is 2.45. The van der Waals surface area contributed by atoms with Crippen molar-refractivity contribution in [2.75, 3.05) is 19.7 Å². The number of hydrogen-bond donors (Lipinski definition) is 0. The van der Waals surface area contributed by atoms with Gasteiger partial charge in [-0.3, -0.25) is 4.79 Å². The molecule has 0 unspecified atom stereocenters. The van der Waals surface area contributed by atoms with E-state index in [0.717, 1.165) is 6.42 Å². The number of halogens is 2. The van der Waals surface area contributed by atoms with E-state index >= 15 is 0 Å². The van der Waals surface area contributed by atoms with Crippen molar-refractivity contribution in [2.24, 2.45) is 5.92 Å². The van der Waals surface area contributed by atoms with Crippen molar-refractivity contribution in [1.82, 2.24) is 9.88 Å². The Morgan fingerprint density at radius 1 is 1.29 bits per heavy atom. The van der Waals surface area contributed by atoms with Crippen molar-refractivity contribution in [2.45, 2.75) is 43.3 Å². The number of aromatic nitrogens is 1. The third-order valence-corrected chi connectivity index (χ3v) is 5.08. The molecule has 1 amide bonds. The average molecular weight is 338 g/mol. The number of likely N-dealkylation sites (tertiary alicyclic amines) is 1. The van der Waals surface area contributed by atoms with Gasteiger partial charge in [0.15, 0.2) is 0 Å². The number of carbonyl (C=O) groups is 1. The van der Waals surface area contributed by atoms with Gasteiger partial charge in [0.05, 0.1) is 19.7 Å². The van der Waals surface area contributed by atoms with E-state index in [-0.39, 0.29) is 30.5 Å². The van der Waals surface area contributed by atoms with E-state index in [1.807, 2.05) is 18.2 Å². The van der Waals surface area contributed by atoms with Crippen LogP contribution in [0, 0.1) is 5.92 Å². The van der Waals surface area contributed by atoms with Gasteiger partial charge in [-0.2, -0.15) is 0 Å². The SMILES string of the molecule is O=C(C1CC(F)(F)C1)N1CC2(C[C@@H](Oc3ccccn3)CCO2)C1. The molecule has 1 saturated carbocycles. The maximum atomic E-state index is 12.9. The Balaban J connectivity index is 1.30. The van der Waals surface area contributed by atoms with Crippen LogP contribution in [0.2, 0.25) is 0 Å². The average Bonchev–Trinajstić information content (AvgIpc) is 2.51. The molecule has 5 nitrogen and oxygen atoms in total. The smallest absolute Gasteiger partial charge is 0.249 e. The van der Waals surface area contributed by atoms with Crippen LogP contribution in [0.4, 0.5) is 8.78 Å². The van der Waals surface area contributed by atoms with Gasteiger partial charge in [0.25, 0.3) is 0 Å². The van der Waals surface area contributed by atoms with Crippen LogP contribution in [0.3, 0.4) is 0 Å². The second-order valence-corrected chi connectivity index (χ2v) is 7.09. The molecular weight excluding hydrogens is 318 g/mol. The number of nitrogens with zero attached hydrogens (tertiary/aromatic N) is 2. The maximum Gasteiger partial charge on any atom is 0.249 e. The molecule has 3 fully saturated rings. The fourth-order valence-corrected chi connectivity index (χ4v) is 3.79. The number of carbonyl (C=O) groups excluding carboxylic acids is 1. The number of pyridine rings is 1. The number of hydrogen-bond acceptors (Lipinski definition) is 4.